The van der Waals surface area contributed by atoms with Gasteiger partial charge in [0.05, 0.1) is 5.56 Å². The first-order chi connectivity index (χ1) is 9.27. The number of nitrogens with one attached hydrogen (secondary N) is 1. The highest BCUT2D eigenvalue weighted by atomic mass is 19.4. The largest absolute Gasteiger partial charge is 0.435 e. The van der Waals surface area contributed by atoms with Gasteiger partial charge in [-0.15, -0.1) is 0 Å². The molecule has 0 saturated carbocycles. The van der Waals surface area contributed by atoms with Crippen LogP contribution in [0.4, 0.5) is 23.4 Å². The van der Waals surface area contributed by atoms with E-state index in [-0.39, 0.29) is 11.4 Å². The number of anilines is 1. The first-order valence-electron chi connectivity index (χ1n) is 5.31. The molecule has 0 spiro atoms. The number of amides is 1. The molecule has 0 aromatic carbocycles. The van der Waals surface area contributed by atoms with Crippen LogP contribution in [0.5, 0.6) is 0 Å². The second-order valence-electron chi connectivity index (χ2n) is 3.86. The number of pyridine rings is 1. The van der Waals surface area contributed by atoms with Crippen molar-refractivity contribution >= 4 is 11.7 Å². The summed E-state index contributed by atoms with van der Waals surface area (Å²) in [5.41, 5.74) is -1.10. The Bertz CT molecular complexity index is 633. The fourth-order valence-electron chi connectivity index (χ4n) is 1.42. The number of rotatable bonds is 2. The van der Waals surface area contributed by atoms with E-state index in [0.717, 1.165) is 16.9 Å². The number of alkyl halides is 3. The van der Waals surface area contributed by atoms with Gasteiger partial charge >= 0.3 is 6.18 Å². The minimum atomic E-state index is -4.60. The zero-order chi connectivity index (χ0) is 14.9. The number of carbonyl (C=O) groups excluding carboxylic acids is 1. The van der Waals surface area contributed by atoms with E-state index in [2.05, 4.69) is 15.4 Å². The van der Waals surface area contributed by atoms with Crippen molar-refractivity contribution in [3.63, 3.8) is 0 Å². The van der Waals surface area contributed by atoms with Gasteiger partial charge in [0.15, 0.2) is 5.69 Å². The third-order valence-electron chi connectivity index (χ3n) is 2.40. The highest BCUT2D eigenvalue weighted by molar-refractivity contribution is 6.03. The summed E-state index contributed by atoms with van der Waals surface area (Å²) in [6, 6.07) is 2.84. The Balaban J connectivity index is 2.20. The van der Waals surface area contributed by atoms with Gasteiger partial charge in [0.2, 0.25) is 5.95 Å². The molecule has 0 unspecified atom stereocenters. The van der Waals surface area contributed by atoms with Gasteiger partial charge in [-0.25, -0.2) is 4.98 Å². The molecule has 9 heteroatoms. The minimum absolute atomic E-state index is 0.0150. The fraction of sp³-hybridized carbons (Fsp3) is 0.182. The summed E-state index contributed by atoms with van der Waals surface area (Å²) in [6.45, 7) is 0. The molecule has 2 rings (SSSR count). The van der Waals surface area contributed by atoms with Crippen molar-refractivity contribution in [1.29, 1.82) is 0 Å². The van der Waals surface area contributed by atoms with Crippen LogP contribution in [-0.4, -0.2) is 20.7 Å². The van der Waals surface area contributed by atoms with Crippen LogP contribution in [0.15, 0.2) is 24.4 Å². The summed E-state index contributed by atoms with van der Waals surface area (Å²) in [6.07, 6.45) is -3.62. The van der Waals surface area contributed by atoms with E-state index in [9.17, 15) is 22.4 Å². The van der Waals surface area contributed by atoms with Crippen LogP contribution in [0.3, 0.4) is 0 Å². The number of halogens is 4. The molecule has 2 aromatic heterocycles. The lowest BCUT2D eigenvalue weighted by molar-refractivity contribution is -0.141. The molecular formula is C11H8F4N4O. The Hall–Kier alpha value is -2.45. The predicted molar refractivity (Wildman–Crippen MR) is 60.4 cm³/mol. The maximum atomic E-state index is 12.6. The maximum absolute atomic E-state index is 12.6. The Morgan fingerprint density at radius 1 is 1.35 bits per heavy atom. The average Bonchev–Trinajstić information content (AvgIpc) is 2.71. The molecule has 1 N–H and O–H groups in total. The fourth-order valence-corrected chi connectivity index (χ4v) is 1.42. The van der Waals surface area contributed by atoms with Crippen molar-refractivity contribution in [2.24, 2.45) is 7.05 Å². The van der Waals surface area contributed by atoms with E-state index in [1.807, 2.05) is 0 Å². The minimum Gasteiger partial charge on any atom is -0.307 e. The summed E-state index contributed by atoms with van der Waals surface area (Å²) >= 11 is 0. The van der Waals surface area contributed by atoms with Gasteiger partial charge in [0.1, 0.15) is 5.82 Å². The molecule has 0 radical (unpaired) electrons. The number of aromatic nitrogens is 3. The van der Waals surface area contributed by atoms with Crippen LogP contribution in [0.2, 0.25) is 0 Å². The standard InChI is InChI=1S/C11H8F4N4O/c1-19-9(4-7(18-19)11(13,14)15)17-10(20)6-2-3-8(12)16-5-6/h2-5H,1H3,(H,17,20). The van der Waals surface area contributed by atoms with E-state index in [1.165, 1.54) is 13.1 Å². The summed E-state index contributed by atoms with van der Waals surface area (Å²) < 4.78 is 50.8. The van der Waals surface area contributed by atoms with E-state index in [4.69, 9.17) is 0 Å². The SMILES string of the molecule is Cn1nc(C(F)(F)F)cc1NC(=O)c1ccc(F)nc1. The van der Waals surface area contributed by atoms with Gasteiger partial charge in [-0.3, -0.25) is 9.48 Å². The molecule has 0 aliphatic carbocycles. The molecule has 5 nitrogen and oxygen atoms in total. The van der Waals surface area contributed by atoms with Gasteiger partial charge in [0, 0.05) is 19.3 Å². The molecule has 20 heavy (non-hydrogen) atoms. The van der Waals surface area contributed by atoms with Gasteiger partial charge in [-0.05, 0) is 12.1 Å². The monoisotopic (exact) mass is 288 g/mol. The highest BCUT2D eigenvalue weighted by Crippen LogP contribution is 2.29. The topological polar surface area (TPSA) is 59.8 Å². The second-order valence-corrected chi connectivity index (χ2v) is 3.86. The molecular weight excluding hydrogens is 280 g/mol. The maximum Gasteiger partial charge on any atom is 0.435 e. The van der Waals surface area contributed by atoms with Gasteiger partial charge in [0.25, 0.3) is 5.91 Å². The molecule has 0 aliphatic heterocycles. The summed E-state index contributed by atoms with van der Waals surface area (Å²) in [5.74, 6) is -1.61. The van der Waals surface area contributed by atoms with Crippen LogP contribution in [0.25, 0.3) is 0 Å². The van der Waals surface area contributed by atoms with Gasteiger partial charge < -0.3 is 5.32 Å². The number of aryl methyl sites for hydroxylation is 1. The average molecular weight is 288 g/mol. The lowest BCUT2D eigenvalue weighted by Gasteiger charge is -2.04. The van der Waals surface area contributed by atoms with Crippen molar-refractivity contribution < 1.29 is 22.4 Å². The smallest absolute Gasteiger partial charge is 0.307 e. The van der Waals surface area contributed by atoms with Crippen molar-refractivity contribution in [2.45, 2.75) is 6.18 Å². The molecule has 0 bridgehead atoms. The molecule has 0 saturated heterocycles. The third kappa shape index (κ3) is 2.92. The number of hydrogen-bond acceptors (Lipinski definition) is 3. The third-order valence-corrected chi connectivity index (χ3v) is 2.40. The van der Waals surface area contributed by atoms with E-state index < -0.39 is 23.7 Å². The van der Waals surface area contributed by atoms with Crippen LogP contribution in [0.1, 0.15) is 16.1 Å². The molecule has 0 fully saturated rings. The van der Waals surface area contributed by atoms with E-state index >= 15 is 0 Å². The Morgan fingerprint density at radius 3 is 2.55 bits per heavy atom. The lowest BCUT2D eigenvalue weighted by Crippen LogP contribution is -2.14. The number of hydrogen-bond donors (Lipinski definition) is 1. The van der Waals surface area contributed by atoms with Gasteiger partial charge in [-0.2, -0.15) is 22.7 Å². The molecule has 1 amide bonds. The summed E-state index contributed by atoms with van der Waals surface area (Å²) in [4.78, 5) is 15.0. The molecule has 2 aromatic rings. The normalized spacial score (nSPS) is 11.4. The predicted octanol–water partition coefficient (Wildman–Crippen LogP) is 2.23. The Kier molecular flexibility index (Phi) is 3.43. The number of nitrogens with zero attached hydrogens (tertiary/aromatic N) is 3. The van der Waals surface area contributed by atoms with E-state index in [0.29, 0.717) is 6.07 Å². The van der Waals surface area contributed by atoms with Gasteiger partial charge in [-0.1, -0.05) is 0 Å². The molecule has 0 atom stereocenters. The van der Waals surface area contributed by atoms with E-state index in [1.54, 1.807) is 0 Å². The Labute approximate surface area is 110 Å². The van der Waals surface area contributed by atoms with Crippen LogP contribution in [-0.2, 0) is 13.2 Å². The highest BCUT2D eigenvalue weighted by Gasteiger charge is 2.34. The molecule has 2 heterocycles. The van der Waals surface area contributed by atoms with Crippen molar-refractivity contribution in [3.8, 4) is 0 Å². The summed E-state index contributed by atoms with van der Waals surface area (Å²) in [5, 5.41) is 5.48. The second kappa shape index (κ2) is 4.91. The van der Waals surface area contributed by atoms with Crippen LogP contribution >= 0.6 is 0 Å². The summed E-state index contributed by atoms with van der Waals surface area (Å²) in [7, 11) is 1.26. The zero-order valence-corrected chi connectivity index (χ0v) is 10.1. The van der Waals surface area contributed by atoms with Crippen molar-refractivity contribution in [2.75, 3.05) is 5.32 Å². The first kappa shape index (κ1) is 14.0. The first-order valence-corrected chi connectivity index (χ1v) is 5.31. The number of carbonyl (C=O) groups is 1. The van der Waals surface area contributed by atoms with Crippen LogP contribution < -0.4 is 5.32 Å². The Morgan fingerprint density at radius 2 is 2.05 bits per heavy atom. The quantitative estimate of drug-likeness (QED) is 0.681. The van der Waals surface area contributed by atoms with Crippen molar-refractivity contribution in [3.05, 3.63) is 41.6 Å². The zero-order valence-electron chi connectivity index (χ0n) is 10.1. The molecule has 106 valence electrons. The van der Waals surface area contributed by atoms with Crippen molar-refractivity contribution in [1.82, 2.24) is 14.8 Å². The lowest BCUT2D eigenvalue weighted by atomic mass is 10.2. The van der Waals surface area contributed by atoms with Crippen LogP contribution in [0, 0.1) is 5.95 Å². The molecule has 0 aliphatic rings.